The van der Waals surface area contributed by atoms with Crippen molar-refractivity contribution in [2.45, 2.75) is 59.1 Å². The number of carbonyl (C=O) groups excluding carboxylic acids is 1. The van der Waals surface area contributed by atoms with Crippen molar-refractivity contribution >= 4 is 11.9 Å². The molecule has 6 nitrogen and oxygen atoms in total. The first-order valence-electron chi connectivity index (χ1n) is 10.7. The Morgan fingerprint density at radius 3 is 2.46 bits per heavy atom. The van der Waals surface area contributed by atoms with Crippen LogP contribution >= 0.6 is 0 Å². The molecule has 3 rings (SSSR count). The average molecular weight is 389 g/mol. The minimum absolute atomic E-state index is 0.220. The molecule has 1 aromatic heterocycles. The van der Waals surface area contributed by atoms with Crippen LogP contribution in [0.5, 0.6) is 0 Å². The van der Waals surface area contributed by atoms with Crippen LogP contribution in [0.15, 0.2) is 18.3 Å². The largest absolute Gasteiger partial charge is 0.444 e. The molecule has 1 amide bonds. The van der Waals surface area contributed by atoms with Gasteiger partial charge in [-0.3, -0.25) is 4.90 Å². The highest BCUT2D eigenvalue weighted by Gasteiger charge is 2.28. The number of likely N-dealkylation sites (tertiary alicyclic amines) is 1. The first-order chi connectivity index (χ1) is 13.2. The molecule has 0 bridgehead atoms. The number of hydrogen-bond acceptors (Lipinski definition) is 5. The molecule has 0 N–H and O–H groups in total. The van der Waals surface area contributed by atoms with Crippen molar-refractivity contribution in [3.05, 3.63) is 23.9 Å². The molecule has 28 heavy (non-hydrogen) atoms. The number of rotatable bonds is 4. The van der Waals surface area contributed by atoms with E-state index in [1.807, 2.05) is 20.8 Å². The second-order valence-corrected chi connectivity index (χ2v) is 9.45. The zero-order valence-electron chi connectivity index (χ0n) is 18.1. The quantitative estimate of drug-likeness (QED) is 0.782. The molecule has 1 atom stereocenters. The van der Waals surface area contributed by atoms with E-state index in [2.05, 4.69) is 42.0 Å². The Balaban J connectivity index is 1.56. The lowest BCUT2D eigenvalue weighted by molar-refractivity contribution is 0.0240. The monoisotopic (exact) mass is 388 g/mol. The highest BCUT2D eigenvalue weighted by atomic mass is 16.6. The summed E-state index contributed by atoms with van der Waals surface area (Å²) in [4.78, 5) is 23.6. The molecule has 0 saturated carbocycles. The van der Waals surface area contributed by atoms with Crippen LogP contribution in [0.2, 0.25) is 0 Å². The van der Waals surface area contributed by atoms with E-state index in [9.17, 15) is 4.79 Å². The SMILES string of the molecule is CC(C)CN1CCCC1c1ccc(N2CCN(C(=O)OC(C)(C)C)CC2)nc1. The van der Waals surface area contributed by atoms with Gasteiger partial charge in [-0.25, -0.2) is 9.78 Å². The van der Waals surface area contributed by atoms with Crippen LogP contribution in [0.3, 0.4) is 0 Å². The first-order valence-corrected chi connectivity index (χ1v) is 10.7. The molecule has 2 aliphatic rings. The second kappa shape index (κ2) is 8.68. The molecule has 3 heterocycles. The molecule has 0 radical (unpaired) electrons. The highest BCUT2D eigenvalue weighted by Crippen LogP contribution is 2.32. The van der Waals surface area contributed by atoms with Crippen molar-refractivity contribution in [1.82, 2.24) is 14.8 Å². The fraction of sp³-hybridized carbons (Fsp3) is 0.727. The average Bonchev–Trinajstić information content (AvgIpc) is 3.08. The van der Waals surface area contributed by atoms with Crippen molar-refractivity contribution < 1.29 is 9.53 Å². The summed E-state index contributed by atoms with van der Waals surface area (Å²) in [5.74, 6) is 1.69. The van der Waals surface area contributed by atoms with E-state index < -0.39 is 5.60 Å². The van der Waals surface area contributed by atoms with Crippen molar-refractivity contribution in [2.75, 3.05) is 44.2 Å². The van der Waals surface area contributed by atoms with Crippen LogP contribution in [-0.2, 0) is 4.74 Å². The van der Waals surface area contributed by atoms with E-state index in [-0.39, 0.29) is 6.09 Å². The maximum atomic E-state index is 12.2. The van der Waals surface area contributed by atoms with Gasteiger partial charge < -0.3 is 14.5 Å². The molecule has 0 spiro atoms. The van der Waals surface area contributed by atoms with Crippen molar-refractivity contribution in [3.63, 3.8) is 0 Å². The van der Waals surface area contributed by atoms with Crippen LogP contribution < -0.4 is 4.90 Å². The fourth-order valence-electron chi connectivity index (χ4n) is 4.12. The number of aromatic nitrogens is 1. The van der Waals surface area contributed by atoms with Crippen LogP contribution in [-0.4, -0.2) is 65.7 Å². The zero-order valence-corrected chi connectivity index (χ0v) is 18.1. The first kappa shape index (κ1) is 20.9. The molecule has 0 aliphatic carbocycles. The molecule has 2 fully saturated rings. The third-order valence-corrected chi connectivity index (χ3v) is 5.37. The summed E-state index contributed by atoms with van der Waals surface area (Å²) in [5, 5.41) is 0. The predicted octanol–water partition coefficient (Wildman–Crippen LogP) is 3.93. The minimum Gasteiger partial charge on any atom is -0.444 e. The molecule has 1 unspecified atom stereocenters. The summed E-state index contributed by atoms with van der Waals surface area (Å²) in [6.07, 6.45) is 4.33. The topological polar surface area (TPSA) is 48.9 Å². The lowest BCUT2D eigenvalue weighted by Crippen LogP contribution is -2.50. The number of pyridine rings is 1. The zero-order chi connectivity index (χ0) is 20.3. The number of anilines is 1. The van der Waals surface area contributed by atoms with Crippen LogP contribution in [0.4, 0.5) is 10.6 Å². The van der Waals surface area contributed by atoms with Gasteiger partial charge >= 0.3 is 6.09 Å². The van der Waals surface area contributed by atoms with Gasteiger partial charge in [-0.15, -0.1) is 0 Å². The Hall–Kier alpha value is -1.82. The number of piperazine rings is 1. The van der Waals surface area contributed by atoms with Crippen molar-refractivity contribution in [3.8, 4) is 0 Å². The standard InChI is InChI=1S/C22H36N4O2/c1-17(2)16-26-10-6-7-19(26)18-8-9-20(23-15-18)24-11-13-25(14-12-24)21(27)28-22(3,4)5/h8-9,15,17,19H,6-7,10-14,16H2,1-5H3. The van der Waals surface area contributed by atoms with Crippen molar-refractivity contribution in [1.29, 1.82) is 0 Å². The molecular weight excluding hydrogens is 352 g/mol. The van der Waals surface area contributed by atoms with Gasteiger partial charge in [0.2, 0.25) is 0 Å². The van der Waals surface area contributed by atoms with E-state index in [0.717, 1.165) is 25.5 Å². The maximum Gasteiger partial charge on any atom is 0.410 e. The van der Waals surface area contributed by atoms with Gasteiger partial charge in [0, 0.05) is 45.0 Å². The van der Waals surface area contributed by atoms with E-state index in [0.29, 0.717) is 25.0 Å². The summed E-state index contributed by atoms with van der Waals surface area (Å²) in [5.41, 5.74) is 0.879. The Bertz CT molecular complexity index is 645. The van der Waals surface area contributed by atoms with Crippen molar-refractivity contribution in [2.24, 2.45) is 5.92 Å². The Kier molecular flexibility index (Phi) is 6.48. The molecule has 2 aliphatic heterocycles. The number of amides is 1. The van der Waals surface area contributed by atoms with Gasteiger partial charge in [-0.05, 0) is 57.7 Å². The van der Waals surface area contributed by atoms with Gasteiger partial charge in [-0.1, -0.05) is 19.9 Å². The van der Waals surface area contributed by atoms with Gasteiger partial charge in [0.05, 0.1) is 0 Å². The Morgan fingerprint density at radius 2 is 1.89 bits per heavy atom. The maximum absolute atomic E-state index is 12.2. The van der Waals surface area contributed by atoms with Gasteiger partial charge in [-0.2, -0.15) is 0 Å². The molecule has 6 heteroatoms. The normalized spacial score (nSPS) is 21.4. The Labute approximate surface area is 169 Å². The third-order valence-electron chi connectivity index (χ3n) is 5.37. The summed E-state index contributed by atoms with van der Waals surface area (Å²) in [6, 6.07) is 4.89. The third kappa shape index (κ3) is 5.37. The van der Waals surface area contributed by atoms with Crippen LogP contribution in [0, 0.1) is 5.92 Å². The predicted molar refractivity (Wildman–Crippen MR) is 113 cm³/mol. The van der Waals surface area contributed by atoms with Crippen LogP contribution in [0.25, 0.3) is 0 Å². The van der Waals surface area contributed by atoms with E-state index in [1.165, 1.54) is 24.9 Å². The molecule has 156 valence electrons. The number of carbonyl (C=O) groups is 1. The van der Waals surface area contributed by atoms with E-state index in [4.69, 9.17) is 9.72 Å². The molecule has 0 aromatic carbocycles. The fourth-order valence-corrected chi connectivity index (χ4v) is 4.12. The van der Waals surface area contributed by atoms with Gasteiger partial charge in [0.15, 0.2) is 0 Å². The van der Waals surface area contributed by atoms with Gasteiger partial charge in [0.1, 0.15) is 11.4 Å². The highest BCUT2D eigenvalue weighted by molar-refractivity contribution is 5.68. The molecule has 1 aromatic rings. The number of hydrogen-bond donors (Lipinski definition) is 0. The van der Waals surface area contributed by atoms with E-state index in [1.54, 1.807) is 4.90 Å². The second-order valence-electron chi connectivity index (χ2n) is 9.45. The Morgan fingerprint density at radius 1 is 1.18 bits per heavy atom. The van der Waals surface area contributed by atoms with E-state index >= 15 is 0 Å². The minimum atomic E-state index is -0.449. The number of nitrogens with zero attached hydrogens (tertiary/aromatic N) is 4. The molecule has 2 saturated heterocycles. The van der Waals surface area contributed by atoms with Gasteiger partial charge in [0.25, 0.3) is 0 Å². The summed E-state index contributed by atoms with van der Waals surface area (Å²) < 4.78 is 5.48. The lowest BCUT2D eigenvalue weighted by atomic mass is 10.1. The lowest BCUT2D eigenvalue weighted by Gasteiger charge is -2.36. The number of ether oxygens (including phenoxy) is 1. The van der Waals surface area contributed by atoms with Crippen LogP contribution in [0.1, 0.15) is 59.1 Å². The summed E-state index contributed by atoms with van der Waals surface area (Å²) >= 11 is 0. The summed E-state index contributed by atoms with van der Waals surface area (Å²) in [6.45, 7) is 15.5. The summed E-state index contributed by atoms with van der Waals surface area (Å²) in [7, 11) is 0. The molecular formula is C22H36N4O2. The smallest absolute Gasteiger partial charge is 0.410 e.